The average Bonchev–Trinajstić information content (AvgIpc) is 2.48. The molecule has 0 atom stereocenters. The fraction of sp³-hybridized carbons (Fsp3) is 0.800. The summed E-state index contributed by atoms with van der Waals surface area (Å²) >= 11 is 0. The third kappa shape index (κ3) is 3.06. The van der Waals surface area contributed by atoms with Gasteiger partial charge in [-0.15, -0.1) is 0 Å². The van der Waals surface area contributed by atoms with Crippen molar-refractivity contribution in [3.63, 3.8) is 0 Å². The van der Waals surface area contributed by atoms with E-state index in [2.05, 4.69) is 12.2 Å². The zero-order chi connectivity index (χ0) is 9.73. The van der Waals surface area contributed by atoms with Crippen LogP contribution < -0.4 is 5.32 Å². The first kappa shape index (κ1) is 10.0. The van der Waals surface area contributed by atoms with Gasteiger partial charge in [0.15, 0.2) is 0 Å². The molecule has 0 aliphatic heterocycles. The number of nitrogens with one attached hydrogen (secondary N) is 1. The van der Waals surface area contributed by atoms with Gasteiger partial charge in [-0.1, -0.05) is 19.8 Å². The van der Waals surface area contributed by atoms with E-state index in [0.29, 0.717) is 6.42 Å². The standard InChI is InChI=1S/C10H16N2O/c1-10(4-2-3-5-10)8-9(13)12-7-6-11/h2-5,7-8H2,1H3,(H,12,13). The van der Waals surface area contributed by atoms with Crippen molar-refractivity contribution in [1.29, 1.82) is 5.26 Å². The van der Waals surface area contributed by atoms with Crippen molar-refractivity contribution in [3.8, 4) is 6.07 Å². The number of nitrogens with zero attached hydrogens (tertiary/aromatic N) is 1. The summed E-state index contributed by atoms with van der Waals surface area (Å²) in [5.41, 5.74) is 0.194. The van der Waals surface area contributed by atoms with Gasteiger partial charge in [0.25, 0.3) is 0 Å². The third-order valence-corrected chi connectivity index (χ3v) is 2.76. The second kappa shape index (κ2) is 4.27. The Morgan fingerprint density at radius 3 is 2.69 bits per heavy atom. The summed E-state index contributed by atoms with van der Waals surface area (Å²) < 4.78 is 0. The van der Waals surface area contributed by atoms with E-state index >= 15 is 0 Å². The van der Waals surface area contributed by atoms with Gasteiger partial charge in [0, 0.05) is 6.42 Å². The van der Waals surface area contributed by atoms with Gasteiger partial charge in [-0.2, -0.15) is 5.26 Å². The van der Waals surface area contributed by atoms with Crippen molar-refractivity contribution >= 4 is 5.91 Å². The highest BCUT2D eigenvalue weighted by molar-refractivity contribution is 5.76. The molecule has 0 spiro atoms. The summed E-state index contributed by atoms with van der Waals surface area (Å²) in [6.45, 7) is 2.29. The van der Waals surface area contributed by atoms with Crippen LogP contribution in [0.5, 0.6) is 0 Å². The Hall–Kier alpha value is -1.04. The van der Waals surface area contributed by atoms with Crippen molar-refractivity contribution in [1.82, 2.24) is 5.32 Å². The Morgan fingerprint density at radius 2 is 2.15 bits per heavy atom. The average molecular weight is 180 g/mol. The molecule has 0 aromatic heterocycles. The number of carbonyl (C=O) groups excluding carboxylic acids is 1. The molecule has 0 bridgehead atoms. The minimum absolute atomic E-state index is 0.0194. The number of hydrogen-bond donors (Lipinski definition) is 1. The molecule has 0 aromatic rings. The maximum atomic E-state index is 11.3. The van der Waals surface area contributed by atoms with Crippen LogP contribution in [0.1, 0.15) is 39.0 Å². The van der Waals surface area contributed by atoms with Crippen LogP contribution in [-0.2, 0) is 4.79 Å². The summed E-state index contributed by atoms with van der Waals surface area (Å²) in [7, 11) is 0. The van der Waals surface area contributed by atoms with E-state index < -0.39 is 0 Å². The second-order valence-electron chi connectivity index (χ2n) is 4.13. The number of rotatable bonds is 3. The predicted molar refractivity (Wildman–Crippen MR) is 49.8 cm³/mol. The minimum Gasteiger partial charge on any atom is -0.343 e. The van der Waals surface area contributed by atoms with Gasteiger partial charge in [-0.05, 0) is 18.3 Å². The zero-order valence-corrected chi connectivity index (χ0v) is 8.10. The molecule has 1 aliphatic rings. The van der Waals surface area contributed by atoms with E-state index in [1.807, 2.05) is 6.07 Å². The number of nitriles is 1. The van der Waals surface area contributed by atoms with Gasteiger partial charge in [-0.3, -0.25) is 4.79 Å². The molecule has 72 valence electrons. The Labute approximate surface area is 79.1 Å². The van der Waals surface area contributed by atoms with Crippen LogP contribution >= 0.6 is 0 Å². The number of hydrogen-bond acceptors (Lipinski definition) is 2. The molecule has 1 rings (SSSR count). The molecular weight excluding hydrogens is 164 g/mol. The van der Waals surface area contributed by atoms with Gasteiger partial charge in [-0.25, -0.2) is 0 Å². The summed E-state index contributed by atoms with van der Waals surface area (Å²) in [5.74, 6) is 0.0194. The first-order valence-corrected chi connectivity index (χ1v) is 4.80. The highest BCUT2D eigenvalue weighted by atomic mass is 16.1. The number of carbonyl (C=O) groups is 1. The van der Waals surface area contributed by atoms with Gasteiger partial charge in [0.1, 0.15) is 6.54 Å². The fourth-order valence-corrected chi connectivity index (χ4v) is 1.99. The fourth-order valence-electron chi connectivity index (χ4n) is 1.99. The molecule has 0 radical (unpaired) electrons. The molecular formula is C10H16N2O. The summed E-state index contributed by atoms with van der Waals surface area (Å²) in [6, 6.07) is 1.90. The summed E-state index contributed by atoms with van der Waals surface area (Å²) in [5, 5.41) is 10.9. The molecule has 1 aliphatic carbocycles. The van der Waals surface area contributed by atoms with E-state index in [4.69, 9.17) is 5.26 Å². The van der Waals surface area contributed by atoms with E-state index in [1.165, 1.54) is 12.8 Å². The first-order valence-electron chi connectivity index (χ1n) is 4.80. The molecule has 1 saturated carbocycles. The number of amides is 1. The Bertz CT molecular complexity index is 224. The summed E-state index contributed by atoms with van der Waals surface area (Å²) in [6.07, 6.45) is 5.35. The van der Waals surface area contributed by atoms with Gasteiger partial charge < -0.3 is 5.32 Å². The van der Waals surface area contributed by atoms with Crippen LogP contribution in [0.3, 0.4) is 0 Å². The lowest BCUT2D eigenvalue weighted by Crippen LogP contribution is -2.29. The van der Waals surface area contributed by atoms with E-state index in [0.717, 1.165) is 12.8 Å². The lowest BCUT2D eigenvalue weighted by Gasteiger charge is -2.21. The maximum Gasteiger partial charge on any atom is 0.221 e. The smallest absolute Gasteiger partial charge is 0.221 e. The first-order chi connectivity index (χ1) is 6.16. The van der Waals surface area contributed by atoms with Crippen molar-refractivity contribution in [3.05, 3.63) is 0 Å². The SMILES string of the molecule is CC1(CC(=O)NCC#N)CCCC1. The Balaban J connectivity index is 2.31. The molecule has 1 amide bonds. The zero-order valence-electron chi connectivity index (χ0n) is 8.10. The minimum atomic E-state index is 0.0194. The highest BCUT2D eigenvalue weighted by Crippen LogP contribution is 2.40. The van der Waals surface area contributed by atoms with E-state index in [1.54, 1.807) is 0 Å². The Kier molecular flexibility index (Phi) is 3.30. The van der Waals surface area contributed by atoms with Gasteiger partial charge >= 0.3 is 0 Å². The molecule has 1 N–H and O–H groups in total. The lowest BCUT2D eigenvalue weighted by molar-refractivity contribution is -0.122. The van der Waals surface area contributed by atoms with Gasteiger partial charge in [0.05, 0.1) is 6.07 Å². The van der Waals surface area contributed by atoms with Crippen LogP contribution in [0.15, 0.2) is 0 Å². The van der Waals surface area contributed by atoms with Crippen LogP contribution in [0.2, 0.25) is 0 Å². The monoisotopic (exact) mass is 180 g/mol. The molecule has 3 nitrogen and oxygen atoms in total. The normalized spacial score (nSPS) is 19.4. The van der Waals surface area contributed by atoms with Crippen LogP contribution in [-0.4, -0.2) is 12.5 Å². The Morgan fingerprint density at radius 1 is 1.54 bits per heavy atom. The molecule has 0 heterocycles. The van der Waals surface area contributed by atoms with Gasteiger partial charge in [0.2, 0.25) is 5.91 Å². The van der Waals surface area contributed by atoms with Crippen molar-refractivity contribution in [2.24, 2.45) is 5.41 Å². The van der Waals surface area contributed by atoms with Crippen LogP contribution in [0.25, 0.3) is 0 Å². The van der Waals surface area contributed by atoms with Crippen molar-refractivity contribution in [2.75, 3.05) is 6.54 Å². The summed E-state index contributed by atoms with van der Waals surface area (Å²) in [4.78, 5) is 11.3. The predicted octanol–water partition coefficient (Wildman–Crippen LogP) is 1.60. The quantitative estimate of drug-likeness (QED) is 0.671. The molecule has 13 heavy (non-hydrogen) atoms. The highest BCUT2D eigenvalue weighted by Gasteiger charge is 2.30. The molecule has 3 heteroatoms. The molecule has 0 unspecified atom stereocenters. The molecule has 0 saturated heterocycles. The van der Waals surface area contributed by atoms with Crippen LogP contribution in [0, 0.1) is 16.7 Å². The largest absolute Gasteiger partial charge is 0.343 e. The van der Waals surface area contributed by atoms with Crippen molar-refractivity contribution < 1.29 is 4.79 Å². The van der Waals surface area contributed by atoms with E-state index in [9.17, 15) is 4.79 Å². The topological polar surface area (TPSA) is 52.9 Å². The lowest BCUT2D eigenvalue weighted by atomic mass is 9.85. The second-order valence-corrected chi connectivity index (χ2v) is 4.13. The molecule has 0 aromatic carbocycles. The third-order valence-electron chi connectivity index (χ3n) is 2.76. The van der Waals surface area contributed by atoms with E-state index in [-0.39, 0.29) is 17.9 Å². The maximum absolute atomic E-state index is 11.3. The molecule has 1 fully saturated rings. The van der Waals surface area contributed by atoms with Crippen LogP contribution in [0.4, 0.5) is 0 Å². The van der Waals surface area contributed by atoms with Crippen molar-refractivity contribution in [2.45, 2.75) is 39.0 Å².